The van der Waals surface area contributed by atoms with E-state index in [1.54, 1.807) is 12.1 Å². The summed E-state index contributed by atoms with van der Waals surface area (Å²) in [7, 11) is 1.35. The summed E-state index contributed by atoms with van der Waals surface area (Å²) in [6, 6.07) is 3.46. The lowest BCUT2D eigenvalue weighted by Crippen LogP contribution is -2.46. The average molecular weight is 278 g/mol. The zero-order valence-electron chi connectivity index (χ0n) is 11.9. The van der Waals surface area contributed by atoms with E-state index in [0.29, 0.717) is 18.8 Å². The fraction of sp³-hybridized carbons (Fsp3) is 0.600. The van der Waals surface area contributed by atoms with Gasteiger partial charge in [-0.05, 0) is 25.0 Å². The number of methoxy groups -OCH3 is 1. The van der Waals surface area contributed by atoms with Crippen LogP contribution in [0.3, 0.4) is 0 Å². The molecule has 1 saturated carbocycles. The SMILES string of the molecule is COC(=O)c1ccc(COCC2(N)CCCCC2)nc1. The molecule has 0 unspecified atom stereocenters. The topological polar surface area (TPSA) is 74.4 Å². The van der Waals surface area contributed by atoms with Gasteiger partial charge in [0.2, 0.25) is 0 Å². The molecule has 1 heterocycles. The molecule has 1 aromatic heterocycles. The Balaban J connectivity index is 1.80. The van der Waals surface area contributed by atoms with Crippen LogP contribution in [0.25, 0.3) is 0 Å². The van der Waals surface area contributed by atoms with Crippen molar-refractivity contribution in [1.29, 1.82) is 0 Å². The summed E-state index contributed by atoms with van der Waals surface area (Å²) in [5.74, 6) is -0.381. The predicted octanol–water partition coefficient (Wildman–Crippen LogP) is 2.05. The van der Waals surface area contributed by atoms with Crippen LogP contribution in [0.15, 0.2) is 18.3 Å². The Morgan fingerprint density at radius 1 is 1.35 bits per heavy atom. The molecular weight excluding hydrogens is 256 g/mol. The summed E-state index contributed by atoms with van der Waals surface area (Å²) in [5.41, 5.74) is 7.35. The molecule has 0 saturated heterocycles. The molecule has 1 aliphatic carbocycles. The molecule has 1 aliphatic rings. The highest BCUT2D eigenvalue weighted by Gasteiger charge is 2.27. The molecule has 5 nitrogen and oxygen atoms in total. The zero-order chi connectivity index (χ0) is 14.4. The maximum atomic E-state index is 11.3. The van der Waals surface area contributed by atoms with Gasteiger partial charge in [0.05, 0.1) is 31.6 Å². The Kier molecular flexibility index (Phi) is 5.09. The van der Waals surface area contributed by atoms with Crippen LogP contribution in [0.5, 0.6) is 0 Å². The Hall–Kier alpha value is -1.46. The van der Waals surface area contributed by atoms with Crippen LogP contribution in [0.1, 0.15) is 48.2 Å². The van der Waals surface area contributed by atoms with E-state index in [4.69, 9.17) is 10.5 Å². The molecule has 110 valence electrons. The van der Waals surface area contributed by atoms with Crippen molar-refractivity contribution in [2.75, 3.05) is 13.7 Å². The van der Waals surface area contributed by atoms with E-state index in [1.165, 1.54) is 32.6 Å². The van der Waals surface area contributed by atoms with Gasteiger partial charge in [-0.15, -0.1) is 0 Å². The molecule has 20 heavy (non-hydrogen) atoms. The van der Waals surface area contributed by atoms with Crippen LogP contribution in [0.2, 0.25) is 0 Å². The lowest BCUT2D eigenvalue weighted by Gasteiger charge is -2.32. The predicted molar refractivity (Wildman–Crippen MR) is 75.2 cm³/mol. The number of rotatable bonds is 5. The molecule has 0 aromatic carbocycles. The Morgan fingerprint density at radius 2 is 2.10 bits per heavy atom. The van der Waals surface area contributed by atoms with E-state index < -0.39 is 0 Å². The van der Waals surface area contributed by atoms with Gasteiger partial charge in [0.25, 0.3) is 0 Å². The second-order valence-corrected chi connectivity index (χ2v) is 5.45. The zero-order valence-corrected chi connectivity index (χ0v) is 11.9. The minimum atomic E-state index is -0.381. The molecular formula is C15H22N2O3. The summed E-state index contributed by atoms with van der Waals surface area (Å²) in [5, 5.41) is 0. The van der Waals surface area contributed by atoms with Crippen LogP contribution in [-0.2, 0) is 16.1 Å². The van der Waals surface area contributed by atoms with Gasteiger partial charge in [-0.25, -0.2) is 4.79 Å². The maximum absolute atomic E-state index is 11.3. The lowest BCUT2D eigenvalue weighted by atomic mass is 9.83. The van der Waals surface area contributed by atoms with Gasteiger partial charge in [0.15, 0.2) is 0 Å². The van der Waals surface area contributed by atoms with Gasteiger partial charge in [-0.2, -0.15) is 0 Å². The van der Waals surface area contributed by atoms with Crippen LogP contribution in [-0.4, -0.2) is 30.2 Å². The first-order chi connectivity index (χ1) is 9.63. The summed E-state index contributed by atoms with van der Waals surface area (Å²) in [6.45, 7) is 0.980. The van der Waals surface area contributed by atoms with Crippen molar-refractivity contribution in [3.05, 3.63) is 29.6 Å². The van der Waals surface area contributed by atoms with Gasteiger partial charge in [0.1, 0.15) is 0 Å². The molecule has 0 radical (unpaired) electrons. The van der Waals surface area contributed by atoms with Crippen LogP contribution in [0.4, 0.5) is 0 Å². The van der Waals surface area contributed by atoms with Gasteiger partial charge in [-0.1, -0.05) is 19.3 Å². The standard InChI is InChI=1S/C15H22N2O3/c1-19-14(18)12-5-6-13(17-9-12)10-20-11-15(16)7-3-2-4-8-15/h5-6,9H,2-4,7-8,10-11,16H2,1H3. The van der Waals surface area contributed by atoms with Gasteiger partial charge in [0, 0.05) is 11.7 Å². The average Bonchev–Trinajstić information content (AvgIpc) is 2.48. The van der Waals surface area contributed by atoms with E-state index >= 15 is 0 Å². The number of esters is 1. The van der Waals surface area contributed by atoms with Gasteiger partial charge >= 0.3 is 5.97 Å². The highest BCUT2D eigenvalue weighted by molar-refractivity contribution is 5.88. The van der Waals surface area contributed by atoms with Crippen molar-refractivity contribution < 1.29 is 14.3 Å². The first kappa shape index (κ1) is 14.9. The summed E-state index contributed by atoms with van der Waals surface area (Å²) in [4.78, 5) is 15.5. The molecule has 0 bridgehead atoms. The molecule has 2 N–H and O–H groups in total. The molecule has 2 rings (SSSR count). The Morgan fingerprint density at radius 3 is 2.70 bits per heavy atom. The quantitative estimate of drug-likeness (QED) is 0.834. The van der Waals surface area contributed by atoms with Crippen LogP contribution >= 0.6 is 0 Å². The summed E-state index contributed by atoms with van der Waals surface area (Å²) < 4.78 is 10.3. The van der Waals surface area contributed by atoms with Crippen molar-refractivity contribution in [1.82, 2.24) is 4.98 Å². The van der Waals surface area contributed by atoms with Gasteiger partial charge < -0.3 is 15.2 Å². The van der Waals surface area contributed by atoms with Crippen molar-refractivity contribution in [2.24, 2.45) is 5.73 Å². The van der Waals surface area contributed by atoms with E-state index in [-0.39, 0.29) is 11.5 Å². The fourth-order valence-electron chi connectivity index (χ4n) is 2.51. The molecule has 0 spiro atoms. The lowest BCUT2D eigenvalue weighted by molar-refractivity contribution is 0.0555. The summed E-state index contributed by atoms with van der Waals surface area (Å²) >= 11 is 0. The van der Waals surface area contributed by atoms with Gasteiger partial charge in [-0.3, -0.25) is 4.98 Å². The highest BCUT2D eigenvalue weighted by Crippen LogP contribution is 2.26. The van der Waals surface area contributed by atoms with Crippen molar-refractivity contribution in [3.63, 3.8) is 0 Å². The third kappa shape index (κ3) is 4.02. The normalized spacial score (nSPS) is 17.7. The van der Waals surface area contributed by atoms with E-state index in [9.17, 15) is 4.79 Å². The van der Waals surface area contributed by atoms with Crippen molar-refractivity contribution in [2.45, 2.75) is 44.2 Å². The number of pyridine rings is 1. The second-order valence-electron chi connectivity index (χ2n) is 5.45. The molecule has 5 heteroatoms. The minimum Gasteiger partial charge on any atom is -0.465 e. The first-order valence-corrected chi connectivity index (χ1v) is 7.03. The number of ether oxygens (including phenoxy) is 2. The molecule has 1 fully saturated rings. The van der Waals surface area contributed by atoms with E-state index in [1.807, 2.05) is 0 Å². The number of hydrogen-bond acceptors (Lipinski definition) is 5. The third-order valence-electron chi connectivity index (χ3n) is 3.73. The minimum absolute atomic E-state index is 0.176. The number of hydrogen-bond donors (Lipinski definition) is 1. The van der Waals surface area contributed by atoms with Crippen LogP contribution in [0, 0.1) is 0 Å². The monoisotopic (exact) mass is 278 g/mol. The largest absolute Gasteiger partial charge is 0.465 e. The molecule has 0 amide bonds. The Bertz CT molecular complexity index is 439. The van der Waals surface area contributed by atoms with Crippen molar-refractivity contribution in [3.8, 4) is 0 Å². The molecule has 0 atom stereocenters. The van der Waals surface area contributed by atoms with E-state index in [0.717, 1.165) is 18.5 Å². The number of nitrogens with two attached hydrogens (primary N) is 1. The fourth-order valence-corrected chi connectivity index (χ4v) is 2.51. The van der Waals surface area contributed by atoms with E-state index in [2.05, 4.69) is 9.72 Å². The number of carbonyl (C=O) groups is 1. The third-order valence-corrected chi connectivity index (χ3v) is 3.73. The maximum Gasteiger partial charge on any atom is 0.339 e. The molecule has 1 aromatic rings. The van der Waals surface area contributed by atoms with Crippen LogP contribution < -0.4 is 5.73 Å². The number of nitrogens with zero attached hydrogens (tertiary/aromatic N) is 1. The Labute approximate surface area is 119 Å². The first-order valence-electron chi connectivity index (χ1n) is 7.03. The number of aromatic nitrogens is 1. The highest BCUT2D eigenvalue weighted by atomic mass is 16.5. The summed E-state index contributed by atoms with van der Waals surface area (Å²) in [6.07, 6.45) is 7.21. The molecule has 0 aliphatic heterocycles. The second kappa shape index (κ2) is 6.81. The number of carbonyl (C=O) groups excluding carboxylic acids is 1. The van der Waals surface area contributed by atoms with Crippen molar-refractivity contribution >= 4 is 5.97 Å². The smallest absolute Gasteiger partial charge is 0.339 e.